The number of esters is 1. The van der Waals surface area contributed by atoms with E-state index in [2.05, 4.69) is 16.3 Å². The zero-order valence-corrected chi connectivity index (χ0v) is 17.8. The number of nitrogens with zero attached hydrogens (tertiary/aromatic N) is 1. The number of hydrogen-bond acceptors (Lipinski definition) is 6. The summed E-state index contributed by atoms with van der Waals surface area (Å²) in [6.45, 7) is 6.95. The topological polar surface area (TPSA) is 67.9 Å². The van der Waals surface area contributed by atoms with Crippen molar-refractivity contribution in [2.75, 3.05) is 43.6 Å². The largest absolute Gasteiger partial charge is 0.468 e. The maximum Gasteiger partial charge on any atom is 0.318 e. The fourth-order valence-corrected chi connectivity index (χ4v) is 4.18. The van der Waals surface area contributed by atoms with Crippen LogP contribution in [0.15, 0.2) is 47.4 Å². The highest BCUT2D eigenvalue weighted by atomic mass is 32.2. The minimum Gasteiger partial charge on any atom is -0.468 e. The number of anilines is 2. The summed E-state index contributed by atoms with van der Waals surface area (Å²) in [6, 6.07) is 13.3. The summed E-state index contributed by atoms with van der Waals surface area (Å²) < 4.78 is 10.2. The Bertz CT molecular complexity index is 881. The summed E-state index contributed by atoms with van der Waals surface area (Å²) >= 11 is 1.31. The molecule has 3 rings (SSSR count). The number of benzene rings is 2. The fraction of sp³-hybridized carbons (Fsp3) is 0.364. The predicted molar refractivity (Wildman–Crippen MR) is 116 cm³/mol. The first-order valence-electron chi connectivity index (χ1n) is 9.58. The number of carbonyl (C=O) groups excluding carboxylic acids is 2. The maximum atomic E-state index is 12.9. The van der Waals surface area contributed by atoms with Crippen LogP contribution in [0.25, 0.3) is 0 Å². The number of nitrogens with one attached hydrogen (secondary N) is 1. The van der Waals surface area contributed by atoms with E-state index < -0.39 is 5.25 Å². The number of morpholine rings is 1. The van der Waals surface area contributed by atoms with Crippen LogP contribution >= 0.6 is 11.8 Å². The summed E-state index contributed by atoms with van der Waals surface area (Å²) in [5, 5.41) is 2.60. The molecule has 2 aromatic rings. The van der Waals surface area contributed by atoms with Gasteiger partial charge in [-0.05, 0) is 49.7 Å². The van der Waals surface area contributed by atoms with Crippen LogP contribution in [0, 0.1) is 6.92 Å². The van der Waals surface area contributed by atoms with Crippen LogP contribution in [0.3, 0.4) is 0 Å². The van der Waals surface area contributed by atoms with Gasteiger partial charge in [0.2, 0.25) is 0 Å². The molecule has 1 N–H and O–H groups in total. The Hall–Kier alpha value is -2.51. The smallest absolute Gasteiger partial charge is 0.318 e. The average molecular weight is 415 g/mol. The highest BCUT2D eigenvalue weighted by molar-refractivity contribution is 8.00. The molecule has 29 heavy (non-hydrogen) atoms. The molecule has 1 heterocycles. The molecule has 1 unspecified atom stereocenters. The molecule has 6 nitrogen and oxygen atoms in total. The number of ether oxygens (including phenoxy) is 2. The SMILES string of the molecule is COC(=O)C(C)Sc1ccccc1C(=O)Nc1ccc(N2CCOCC2)cc1C. The van der Waals surface area contributed by atoms with E-state index in [-0.39, 0.29) is 11.9 Å². The molecule has 1 aliphatic heterocycles. The van der Waals surface area contributed by atoms with Gasteiger partial charge in [-0.2, -0.15) is 0 Å². The zero-order chi connectivity index (χ0) is 20.8. The Balaban J connectivity index is 1.74. The van der Waals surface area contributed by atoms with Crippen molar-refractivity contribution >= 4 is 35.0 Å². The monoisotopic (exact) mass is 414 g/mol. The van der Waals surface area contributed by atoms with E-state index in [0.29, 0.717) is 5.56 Å². The Kier molecular flexibility index (Phi) is 7.17. The normalized spacial score (nSPS) is 14.9. The summed E-state index contributed by atoms with van der Waals surface area (Å²) in [6.07, 6.45) is 0. The molecule has 1 amide bonds. The second kappa shape index (κ2) is 9.80. The minimum atomic E-state index is -0.400. The first-order valence-corrected chi connectivity index (χ1v) is 10.5. The molecule has 1 aliphatic rings. The van der Waals surface area contributed by atoms with E-state index in [0.717, 1.165) is 48.1 Å². The first kappa shape index (κ1) is 21.2. The van der Waals surface area contributed by atoms with Crippen molar-refractivity contribution in [2.24, 2.45) is 0 Å². The van der Waals surface area contributed by atoms with Crippen LogP contribution in [0.2, 0.25) is 0 Å². The van der Waals surface area contributed by atoms with Gasteiger partial charge in [-0.3, -0.25) is 9.59 Å². The third-order valence-corrected chi connectivity index (χ3v) is 5.96. The number of methoxy groups -OCH3 is 1. The van der Waals surface area contributed by atoms with Gasteiger partial charge in [0.15, 0.2) is 0 Å². The lowest BCUT2D eigenvalue weighted by atomic mass is 10.1. The Morgan fingerprint density at radius 2 is 1.90 bits per heavy atom. The Labute approximate surface area is 175 Å². The maximum absolute atomic E-state index is 12.9. The van der Waals surface area contributed by atoms with E-state index in [1.165, 1.54) is 18.9 Å². The van der Waals surface area contributed by atoms with Crippen molar-refractivity contribution in [3.63, 3.8) is 0 Å². The molecule has 0 aromatic heterocycles. The van der Waals surface area contributed by atoms with Gasteiger partial charge in [0.25, 0.3) is 5.91 Å². The number of amides is 1. The van der Waals surface area contributed by atoms with Crippen molar-refractivity contribution in [1.82, 2.24) is 0 Å². The number of thioether (sulfide) groups is 1. The molecule has 1 atom stereocenters. The van der Waals surface area contributed by atoms with Crippen LogP contribution < -0.4 is 10.2 Å². The summed E-state index contributed by atoms with van der Waals surface area (Å²) in [5.74, 6) is -0.521. The van der Waals surface area contributed by atoms with Crippen LogP contribution in [-0.4, -0.2) is 50.5 Å². The third kappa shape index (κ3) is 5.31. The molecule has 2 aromatic carbocycles. The van der Waals surface area contributed by atoms with Crippen molar-refractivity contribution in [3.8, 4) is 0 Å². The van der Waals surface area contributed by atoms with Gasteiger partial charge in [-0.1, -0.05) is 12.1 Å². The standard InChI is InChI=1S/C22H26N2O4S/c1-15-14-17(24-10-12-28-13-11-24)8-9-19(15)23-21(25)18-6-4-5-7-20(18)29-16(2)22(26)27-3/h4-9,14,16H,10-13H2,1-3H3,(H,23,25). The third-order valence-electron chi connectivity index (χ3n) is 4.80. The van der Waals surface area contributed by atoms with E-state index in [1.807, 2.05) is 37.3 Å². The predicted octanol–water partition coefficient (Wildman–Crippen LogP) is 3.74. The van der Waals surface area contributed by atoms with E-state index >= 15 is 0 Å². The second-order valence-electron chi connectivity index (χ2n) is 6.83. The zero-order valence-electron chi connectivity index (χ0n) is 16.9. The number of rotatable bonds is 6. The molecule has 0 bridgehead atoms. The fourth-order valence-electron chi connectivity index (χ4n) is 3.16. The van der Waals surface area contributed by atoms with Crippen LogP contribution in [0.5, 0.6) is 0 Å². The van der Waals surface area contributed by atoms with Gasteiger partial charge < -0.3 is 19.7 Å². The van der Waals surface area contributed by atoms with Crippen molar-refractivity contribution < 1.29 is 19.1 Å². The molecular weight excluding hydrogens is 388 g/mol. The Morgan fingerprint density at radius 1 is 1.17 bits per heavy atom. The van der Waals surface area contributed by atoms with Crippen molar-refractivity contribution in [2.45, 2.75) is 24.0 Å². The number of hydrogen-bond donors (Lipinski definition) is 1. The van der Waals surface area contributed by atoms with Gasteiger partial charge in [0.05, 0.1) is 25.9 Å². The van der Waals surface area contributed by atoms with E-state index in [9.17, 15) is 9.59 Å². The molecule has 154 valence electrons. The van der Waals surface area contributed by atoms with Crippen LogP contribution in [0.1, 0.15) is 22.8 Å². The van der Waals surface area contributed by atoms with E-state index in [4.69, 9.17) is 9.47 Å². The molecular formula is C22H26N2O4S. The summed E-state index contributed by atoms with van der Waals surface area (Å²) in [7, 11) is 1.36. The lowest BCUT2D eigenvalue weighted by Gasteiger charge is -2.29. The highest BCUT2D eigenvalue weighted by Gasteiger charge is 2.19. The molecule has 0 aliphatic carbocycles. The first-order chi connectivity index (χ1) is 14.0. The molecule has 7 heteroatoms. The Morgan fingerprint density at radius 3 is 2.59 bits per heavy atom. The second-order valence-corrected chi connectivity index (χ2v) is 8.21. The summed E-state index contributed by atoms with van der Waals surface area (Å²) in [5.41, 5.74) is 3.43. The lowest BCUT2D eigenvalue weighted by molar-refractivity contribution is -0.139. The quantitative estimate of drug-likeness (QED) is 0.574. The van der Waals surface area contributed by atoms with Gasteiger partial charge in [-0.15, -0.1) is 11.8 Å². The molecule has 0 saturated carbocycles. The van der Waals surface area contributed by atoms with Gasteiger partial charge in [0.1, 0.15) is 5.25 Å². The number of carbonyl (C=O) groups is 2. The molecule has 0 spiro atoms. The number of aryl methyl sites for hydroxylation is 1. The molecule has 1 fully saturated rings. The highest BCUT2D eigenvalue weighted by Crippen LogP contribution is 2.29. The van der Waals surface area contributed by atoms with E-state index in [1.54, 1.807) is 13.0 Å². The van der Waals surface area contributed by atoms with Crippen molar-refractivity contribution in [1.29, 1.82) is 0 Å². The average Bonchev–Trinajstić information content (AvgIpc) is 2.75. The summed E-state index contributed by atoms with van der Waals surface area (Å²) in [4.78, 5) is 27.7. The molecule has 1 saturated heterocycles. The molecule has 0 radical (unpaired) electrons. The van der Waals surface area contributed by atoms with Crippen molar-refractivity contribution in [3.05, 3.63) is 53.6 Å². The van der Waals surface area contributed by atoms with Gasteiger partial charge in [-0.25, -0.2) is 0 Å². The van der Waals surface area contributed by atoms with Crippen LogP contribution in [-0.2, 0) is 14.3 Å². The minimum absolute atomic E-state index is 0.201. The van der Waals surface area contributed by atoms with Crippen LogP contribution in [0.4, 0.5) is 11.4 Å². The van der Waals surface area contributed by atoms with Gasteiger partial charge in [0, 0.05) is 29.4 Å². The van der Waals surface area contributed by atoms with Gasteiger partial charge >= 0.3 is 5.97 Å². The lowest BCUT2D eigenvalue weighted by Crippen LogP contribution is -2.36.